The Morgan fingerprint density at radius 1 is 0.909 bits per heavy atom. The Labute approximate surface area is 190 Å². The molecule has 2 aromatic carbocycles. The fraction of sp³-hybridized carbons (Fsp3) is 0.320. The van der Waals surface area contributed by atoms with Crippen molar-refractivity contribution in [2.75, 3.05) is 5.32 Å². The number of nitrogens with zero attached hydrogens (tertiary/aromatic N) is 4. The molecular weight excluding hydrogens is 418 g/mol. The minimum atomic E-state index is -0.121. The van der Waals surface area contributed by atoms with Gasteiger partial charge in [-0.3, -0.25) is 23.5 Å². The summed E-state index contributed by atoms with van der Waals surface area (Å²) in [5.74, 6) is -0.105. The molecule has 8 nitrogen and oxygen atoms in total. The van der Waals surface area contributed by atoms with E-state index in [1.807, 2.05) is 32.0 Å². The fourth-order valence-electron chi connectivity index (χ4n) is 3.81. The predicted molar refractivity (Wildman–Crippen MR) is 129 cm³/mol. The first-order chi connectivity index (χ1) is 15.9. The van der Waals surface area contributed by atoms with Gasteiger partial charge in [0.15, 0.2) is 0 Å². The third kappa shape index (κ3) is 5.00. The van der Waals surface area contributed by atoms with Crippen LogP contribution in [-0.2, 0) is 11.3 Å². The number of para-hydroxylation sites is 1. The molecule has 0 aliphatic carbocycles. The summed E-state index contributed by atoms with van der Waals surface area (Å²) in [4.78, 5) is 46.2. The standard InChI is InChI=1S/C25H27N5O3/c1-17(2)30-16-27-22-12-11-18(14-20(22)25(30)33)28-23(31)10-4-3-7-13-29-15-26-21-9-6-5-8-19(21)24(29)32/h5-6,8-9,11-12,14-17H,3-4,7,10,13H2,1-2H3,(H,28,31). The monoisotopic (exact) mass is 445 g/mol. The van der Waals surface area contributed by atoms with Crippen molar-refractivity contribution in [2.24, 2.45) is 0 Å². The van der Waals surface area contributed by atoms with E-state index in [9.17, 15) is 14.4 Å². The smallest absolute Gasteiger partial charge is 0.261 e. The summed E-state index contributed by atoms with van der Waals surface area (Å²) >= 11 is 0. The topological polar surface area (TPSA) is 98.9 Å². The number of aromatic nitrogens is 4. The van der Waals surface area contributed by atoms with Crippen molar-refractivity contribution < 1.29 is 4.79 Å². The molecule has 0 aliphatic heterocycles. The molecule has 0 fully saturated rings. The molecule has 0 bridgehead atoms. The van der Waals surface area contributed by atoms with Crippen LogP contribution in [0.1, 0.15) is 45.6 Å². The quantitative estimate of drug-likeness (QED) is 0.415. The summed E-state index contributed by atoms with van der Waals surface area (Å²) < 4.78 is 3.19. The Morgan fingerprint density at radius 3 is 2.48 bits per heavy atom. The van der Waals surface area contributed by atoms with Crippen LogP contribution in [-0.4, -0.2) is 25.0 Å². The van der Waals surface area contributed by atoms with E-state index >= 15 is 0 Å². The number of carbonyl (C=O) groups is 1. The number of rotatable bonds is 8. The zero-order chi connectivity index (χ0) is 23.4. The number of carbonyl (C=O) groups excluding carboxylic acids is 1. The highest BCUT2D eigenvalue weighted by molar-refractivity contribution is 5.93. The molecule has 4 aromatic rings. The van der Waals surface area contributed by atoms with Gasteiger partial charge in [0.2, 0.25) is 5.91 Å². The highest BCUT2D eigenvalue weighted by Gasteiger charge is 2.09. The first kappa shape index (κ1) is 22.4. The second-order valence-electron chi connectivity index (χ2n) is 8.40. The Balaban J connectivity index is 1.30. The van der Waals surface area contributed by atoms with Crippen LogP contribution in [0.4, 0.5) is 5.69 Å². The number of unbranched alkanes of at least 4 members (excludes halogenated alkanes) is 2. The van der Waals surface area contributed by atoms with E-state index in [4.69, 9.17) is 0 Å². The minimum Gasteiger partial charge on any atom is -0.326 e. The number of benzene rings is 2. The number of nitrogens with one attached hydrogen (secondary N) is 1. The van der Waals surface area contributed by atoms with Gasteiger partial charge in [-0.05, 0) is 57.0 Å². The van der Waals surface area contributed by atoms with Crippen LogP contribution >= 0.6 is 0 Å². The van der Waals surface area contributed by atoms with Gasteiger partial charge in [0.05, 0.1) is 34.5 Å². The van der Waals surface area contributed by atoms with Gasteiger partial charge in [0, 0.05) is 24.7 Å². The molecule has 2 aromatic heterocycles. The van der Waals surface area contributed by atoms with Gasteiger partial charge in [-0.2, -0.15) is 0 Å². The fourth-order valence-corrected chi connectivity index (χ4v) is 3.81. The number of aryl methyl sites for hydroxylation is 1. The van der Waals surface area contributed by atoms with E-state index in [0.717, 1.165) is 12.8 Å². The zero-order valence-corrected chi connectivity index (χ0v) is 18.8. The molecule has 0 saturated heterocycles. The molecule has 8 heteroatoms. The summed E-state index contributed by atoms with van der Waals surface area (Å²) in [6.45, 7) is 4.42. The van der Waals surface area contributed by atoms with Crippen molar-refractivity contribution >= 4 is 33.4 Å². The summed E-state index contributed by atoms with van der Waals surface area (Å²) in [6, 6.07) is 12.5. The Morgan fingerprint density at radius 2 is 1.67 bits per heavy atom. The molecule has 0 aliphatic rings. The highest BCUT2D eigenvalue weighted by atomic mass is 16.2. The number of hydrogen-bond donors (Lipinski definition) is 1. The molecule has 170 valence electrons. The second kappa shape index (κ2) is 9.77. The zero-order valence-electron chi connectivity index (χ0n) is 18.8. The van der Waals surface area contributed by atoms with Crippen LogP contribution in [0, 0.1) is 0 Å². The van der Waals surface area contributed by atoms with Crippen molar-refractivity contribution in [3.63, 3.8) is 0 Å². The van der Waals surface area contributed by atoms with Gasteiger partial charge in [0.1, 0.15) is 0 Å². The number of amides is 1. The van der Waals surface area contributed by atoms with Gasteiger partial charge in [-0.25, -0.2) is 9.97 Å². The Hall–Kier alpha value is -3.81. The largest absolute Gasteiger partial charge is 0.326 e. The van der Waals surface area contributed by atoms with Crippen molar-refractivity contribution in [1.82, 2.24) is 19.1 Å². The Bertz CT molecular complexity index is 1420. The molecule has 0 spiro atoms. The van der Waals surface area contributed by atoms with Gasteiger partial charge in [-0.15, -0.1) is 0 Å². The van der Waals surface area contributed by atoms with Gasteiger partial charge in [-0.1, -0.05) is 18.6 Å². The summed E-state index contributed by atoms with van der Waals surface area (Å²) in [5.41, 5.74) is 1.73. The molecule has 2 heterocycles. The first-order valence-corrected chi connectivity index (χ1v) is 11.2. The lowest BCUT2D eigenvalue weighted by molar-refractivity contribution is -0.116. The van der Waals surface area contributed by atoms with Crippen LogP contribution in [0.15, 0.2) is 64.7 Å². The molecule has 4 rings (SSSR count). The van der Waals surface area contributed by atoms with Crippen LogP contribution in [0.25, 0.3) is 21.8 Å². The molecule has 33 heavy (non-hydrogen) atoms. The minimum absolute atomic E-state index is 0.00823. The van der Waals surface area contributed by atoms with E-state index in [2.05, 4.69) is 15.3 Å². The third-order valence-electron chi connectivity index (χ3n) is 5.66. The third-order valence-corrected chi connectivity index (χ3v) is 5.66. The molecule has 1 amide bonds. The SMILES string of the molecule is CC(C)n1cnc2ccc(NC(=O)CCCCCn3cnc4ccccc4c3=O)cc2c1=O. The average molecular weight is 446 g/mol. The molecular formula is C25H27N5O3. The highest BCUT2D eigenvalue weighted by Crippen LogP contribution is 2.16. The van der Waals surface area contributed by atoms with E-state index in [-0.39, 0.29) is 23.1 Å². The molecule has 0 radical (unpaired) electrons. The summed E-state index contributed by atoms with van der Waals surface area (Å²) in [6.07, 6.45) is 5.80. The first-order valence-electron chi connectivity index (χ1n) is 11.2. The Kier molecular flexibility index (Phi) is 6.63. The number of fused-ring (bicyclic) bond motifs is 2. The van der Waals surface area contributed by atoms with Crippen molar-refractivity contribution in [3.05, 3.63) is 75.8 Å². The van der Waals surface area contributed by atoms with Crippen LogP contribution in [0.2, 0.25) is 0 Å². The molecule has 0 unspecified atom stereocenters. The lowest BCUT2D eigenvalue weighted by Crippen LogP contribution is -2.22. The van der Waals surface area contributed by atoms with E-state index < -0.39 is 0 Å². The molecule has 1 N–H and O–H groups in total. The van der Waals surface area contributed by atoms with E-state index in [1.54, 1.807) is 46.1 Å². The van der Waals surface area contributed by atoms with Crippen molar-refractivity contribution in [3.8, 4) is 0 Å². The summed E-state index contributed by atoms with van der Waals surface area (Å²) in [5, 5.41) is 3.97. The van der Waals surface area contributed by atoms with Crippen LogP contribution in [0.3, 0.4) is 0 Å². The second-order valence-corrected chi connectivity index (χ2v) is 8.40. The molecule has 0 atom stereocenters. The van der Waals surface area contributed by atoms with Gasteiger partial charge >= 0.3 is 0 Å². The molecule has 0 saturated carbocycles. The maximum absolute atomic E-state index is 12.6. The van der Waals surface area contributed by atoms with Crippen LogP contribution < -0.4 is 16.4 Å². The van der Waals surface area contributed by atoms with Crippen LogP contribution in [0.5, 0.6) is 0 Å². The average Bonchev–Trinajstić information content (AvgIpc) is 2.80. The maximum atomic E-state index is 12.6. The van der Waals surface area contributed by atoms with Gasteiger partial charge < -0.3 is 5.32 Å². The van der Waals surface area contributed by atoms with E-state index in [1.165, 1.54) is 0 Å². The maximum Gasteiger partial charge on any atom is 0.261 e. The van der Waals surface area contributed by atoms with Gasteiger partial charge in [0.25, 0.3) is 11.1 Å². The van der Waals surface area contributed by atoms with Crippen molar-refractivity contribution in [1.29, 1.82) is 0 Å². The number of hydrogen-bond acceptors (Lipinski definition) is 5. The normalized spacial score (nSPS) is 11.4. The predicted octanol–water partition coefficient (Wildman–Crippen LogP) is 3.89. The lowest BCUT2D eigenvalue weighted by atomic mass is 10.1. The van der Waals surface area contributed by atoms with Crippen molar-refractivity contribution in [2.45, 2.75) is 52.1 Å². The van der Waals surface area contributed by atoms with E-state index in [0.29, 0.717) is 46.9 Å². The summed E-state index contributed by atoms with van der Waals surface area (Å²) in [7, 11) is 0. The number of anilines is 1. The lowest BCUT2D eigenvalue weighted by Gasteiger charge is -2.11.